The fraction of sp³-hybridized carbons (Fsp3) is 0.160. The summed E-state index contributed by atoms with van der Waals surface area (Å²) in [6.45, 7) is 3.90. The lowest BCUT2D eigenvalue weighted by atomic mass is 10.00. The Bertz CT molecular complexity index is 1620. The first kappa shape index (κ1) is 26.8. The number of nitrogens with one attached hydrogen (secondary N) is 3. The van der Waals surface area contributed by atoms with E-state index in [2.05, 4.69) is 25.1 Å². The highest BCUT2D eigenvalue weighted by Crippen LogP contribution is 2.32. The van der Waals surface area contributed by atoms with Crippen LogP contribution in [0.15, 0.2) is 59.8 Å². The maximum Gasteiger partial charge on any atom is 0.267 e. The lowest BCUT2D eigenvalue weighted by molar-refractivity contribution is 0.0959. The smallest absolute Gasteiger partial charge is 0.267 e. The van der Waals surface area contributed by atoms with E-state index in [4.69, 9.17) is 21.7 Å². The van der Waals surface area contributed by atoms with Crippen LogP contribution in [0.2, 0.25) is 5.02 Å². The van der Waals surface area contributed by atoms with Gasteiger partial charge in [0.2, 0.25) is 11.8 Å². The van der Waals surface area contributed by atoms with Crippen LogP contribution in [0.5, 0.6) is 11.6 Å². The molecule has 0 aliphatic carbocycles. The Morgan fingerprint density at radius 3 is 2.55 bits per heavy atom. The molecule has 196 valence electrons. The Hall–Kier alpha value is -4.29. The zero-order valence-electron chi connectivity index (χ0n) is 20.7. The maximum absolute atomic E-state index is 13.0. The molecule has 4 rings (SSSR count). The molecule has 0 fully saturated rings. The Kier molecular flexibility index (Phi) is 7.74. The van der Waals surface area contributed by atoms with E-state index < -0.39 is 15.9 Å². The molecule has 11 nitrogen and oxygen atoms in total. The van der Waals surface area contributed by atoms with Gasteiger partial charge in [0.25, 0.3) is 15.9 Å². The molecule has 0 saturated heterocycles. The van der Waals surface area contributed by atoms with Crippen LogP contribution in [-0.4, -0.2) is 46.8 Å². The lowest BCUT2D eigenvalue weighted by Gasteiger charge is -2.14. The largest absolute Gasteiger partial charge is 0.439 e. The fourth-order valence-electron chi connectivity index (χ4n) is 3.71. The Labute approximate surface area is 224 Å². The molecule has 38 heavy (non-hydrogen) atoms. The zero-order valence-corrected chi connectivity index (χ0v) is 22.3. The second-order valence-electron chi connectivity index (χ2n) is 8.33. The molecule has 1 amide bonds. The van der Waals surface area contributed by atoms with E-state index in [1.165, 1.54) is 35.3 Å². The predicted octanol–water partition coefficient (Wildman–Crippen LogP) is 4.12. The van der Waals surface area contributed by atoms with Crippen LogP contribution in [0, 0.1) is 19.3 Å². The number of rotatable bonds is 9. The summed E-state index contributed by atoms with van der Waals surface area (Å²) in [4.78, 5) is 21.0. The number of amides is 1. The standard InChI is InChI=1S/C25H24ClN7O4S/c1-15-5-4-6-16(2)23(15)21-12-22(31-25(30-21)32-38(35,36)20-13-29-33(3)14-20)37-19-10-17(9-18(26)11-19)24(34)28-8-7-27/h4-7,9-14,27H,8H2,1-3H3,(H,28,34)(H,30,31,32). The number of halogens is 1. The maximum atomic E-state index is 13.0. The van der Waals surface area contributed by atoms with Crippen molar-refractivity contribution >= 4 is 39.7 Å². The third kappa shape index (κ3) is 6.15. The number of sulfonamides is 1. The molecule has 13 heteroatoms. The molecule has 0 radical (unpaired) electrons. The van der Waals surface area contributed by atoms with Gasteiger partial charge in [0.1, 0.15) is 10.6 Å². The zero-order chi connectivity index (χ0) is 27.4. The van der Waals surface area contributed by atoms with Crippen molar-refractivity contribution in [2.24, 2.45) is 7.05 Å². The molecule has 2 aromatic carbocycles. The number of hydrogen-bond donors (Lipinski definition) is 3. The number of aromatic nitrogens is 4. The van der Waals surface area contributed by atoms with Crippen LogP contribution >= 0.6 is 11.6 Å². The minimum Gasteiger partial charge on any atom is -0.439 e. The van der Waals surface area contributed by atoms with Crippen molar-refractivity contribution in [3.8, 4) is 22.9 Å². The predicted molar refractivity (Wildman–Crippen MR) is 144 cm³/mol. The Balaban J connectivity index is 1.77. The minimum atomic E-state index is -4.04. The fourth-order valence-corrected chi connectivity index (χ4v) is 4.86. The van der Waals surface area contributed by atoms with Gasteiger partial charge in [-0.05, 0) is 43.2 Å². The topological polar surface area (TPSA) is 152 Å². The Morgan fingerprint density at radius 1 is 1.16 bits per heavy atom. The minimum absolute atomic E-state index is 0.0228. The highest BCUT2D eigenvalue weighted by atomic mass is 35.5. The van der Waals surface area contributed by atoms with Gasteiger partial charge < -0.3 is 15.5 Å². The van der Waals surface area contributed by atoms with Gasteiger partial charge in [-0.15, -0.1) is 0 Å². The number of nitrogens with zero attached hydrogens (tertiary/aromatic N) is 4. The summed E-state index contributed by atoms with van der Waals surface area (Å²) >= 11 is 6.21. The van der Waals surface area contributed by atoms with Gasteiger partial charge in [-0.2, -0.15) is 10.1 Å². The van der Waals surface area contributed by atoms with Gasteiger partial charge in [0.15, 0.2) is 0 Å². The summed E-state index contributed by atoms with van der Waals surface area (Å²) < 4.78 is 35.6. The van der Waals surface area contributed by atoms with Crippen LogP contribution in [0.1, 0.15) is 21.5 Å². The van der Waals surface area contributed by atoms with Crippen LogP contribution in [-0.2, 0) is 17.1 Å². The second-order valence-corrected chi connectivity index (χ2v) is 10.4. The third-order valence-electron chi connectivity index (χ3n) is 5.38. The van der Waals surface area contributed by atoms with Crippen molar-refractivity contribution in [3.05, 3.63) is 76.6 Å². The summed E-state index contributed by atoms with van der Waals surface area (Å²) in [7, 11) is -2.44. The highest BCUT2D eigenvalue weighted by Gasteiger charge is 2.20. The van der Waals surface area contributed by atoms with Crippen molar-refractivity contribution in [2.75, 3.05) is 11.3 Å². The van der Waals surface area contributed by atoms with E-state index in [1.54, 1.807) is 13.1 Å². The lowest BCUT2D eigenvalue weighted by Crippen LogP contribution is -2.24. The summed E-state index contributed by atoms with van der Waals surface area (Å²) in [5.41, 5.74) is 3.28. The number of hydrogen-bond acceptors (Lipinski definition) is 8. The van der Waals surface area contributed by atoms with E-state index in [1.807, 2.05) is 32.0 Å². The molecular formula is C25H24ClN7O4S. The van der Waals surface area contributed by atoms with E-state index >= 15 is 0 Å². The van der Waals surface area contributed by atoms with Gasteiger partial charge in [-0.1, -0.05) is 29.8 Å². The molecule has 4 aromatic rings. The molecule has 2 heterocycles. The van der Waals surface area contributed by atoms with Gasteiger partial charge in [0.05, 0.1) is 18.4 Å². The SMILES string of the molecule is Cc1cccc(C)c1-c1cc(Oc2cc(Cl)cc(C(=O)NCC=N)c2)nc(NS(=O)(=O)c2cnn(C)c2)n1. The second kappa shape index (κ2) is 11.0. The number of carbonyl (C=O) groups is 1. The molecule has 0 saturated carbocycles. The average Bonchev–Trinajstić information content (AvgIpc) is 3.29. The third-order valence-corrected chi connectivity index (χ3v) is 6.88. The van der Waals surface area contributed by atoms with Crippen molar-refractivity contribution in [3.63, 3.8) is 0 Å². The van der Waals surface area contributed by atoms with Gasteiger partial charge in [0, 0.05) is 41.7 Å². The average molecular weight is 554 g/mol. The molecule has 0 aliphatic rings. The summed E-state index contributed by atoms with van der Waals surface area (Å²) in [6, 6.07) is 11.7. The monoisotopic (exact) mass is 553 g/mol. The molecule has 0 unspecified atom stereocenters. The Morgan fingerprint density at radius 2 is 1.89 bits per heavy atom. The number of anilines is 1. The van der Waals surface area contributed by atoms with E-state index in [0.29, 0.717) is 5.69 Å². The first-order valence-corrected chi connectivity index (χ1v) is 13.1. The van der Waals surface area contributed by atoms with Crippen LogP contribution in [0.4, 0.5) is 5.95 Å². The van der Waals surface area contributed by atoms with Gasteiger partial charge in [-0.25, -0.2) is 18.1 Å². The summed E-state index contributed by atoms with van der Waals surface area (Å²) in [5, 5.41) is 13.8. The van der Waals surface area contributed by atoms with E-state index in [0.717, 1.165) is 22.9 Å². The number of aryl methyl sites for hydroxylation is 3. The number of benzene rings is 2. The van der Waals surface area contributed by atoms with E-state index in [-0.39, 0.29) is 39.6 Å². The molecule has 2 aromatic heterocycles. The number of ether oxygens (including phenoxy) is 1. The van der Waals surface area contributed by atoms with Crippen LogP contribution < -0.4 is 14.8 Å². The van der Waals surface area contributed by atoms with Crippen molar-refractivity contribution < 1.29 is 17.9 Å². The molecule has 0 atom stereocenters. The van der Waals surface area contributed by atoms with Gasteiger partial charge in [-0.3, -0.25) is 9.48 Å². The molecule has 0 aliphatic heterocycles. The normalized spacial score (nSPS) is 11.2. The quantitative estimate of drug-likeness (QED) is 0.264. The first-order chi connectivity index (χ1) is 18.1. The molecule has 0 spiro atoms. The van der Waals surface area contributed by atoms with Crippen molar-refractivity contribution in [1.29, 1.82) is 5.41 Å². The van der Waals surface area contributed by atoms with E-state index in [9.17, 15) is 13.2 Å². The molecule has 0 bridgehead atoms. The van der Waals surface area contributed by atoms with Crippen molar-refractivity contribution in [2.45, 2.75) is 18.7 Å². The number of carbonyl (C=O) groups excluding carboxylic acids is 1. The molecular weight excluding hydrogens is 530 g/mol. The van der Waals surface area contributed by atoms with Crippen LogP contribution in [0.3, 0.4) is 0 Å². The summed E-state index contributed by atoms with van der Waals surface area (Å²) in [6.07, 6.45) is 3.63. The summed E-state index contributed by atoms with van der Waals surface area (Å²) in [5.74, 6) is -0.431. The first-order valence-electron chi connectivity index (χ1n) is 11.3. The molecule has 3 N–H and O–H groups in total. The van der Waals surface area contributed by atoms with Crippen molar-refractivity contribution in [1.82, 2.24) is 25.1 Å². The highest BCUT2D eigenvalue weighted by molar-refractivity contribution is 7.92. The van der Waals surface area contributed by atoms with Crippen LogP contribution in [0.25, 0.3) is 11.3 Å². The van der Waals surface area contributed by atoms with Gasteiger partial charge >= 0.3 is 0 Å².